The summed E-state index contributed by atoms with van der Waals surface area (Å²) < 4.78 is 0. The summed E-state index contributed by atoms with van der Waals surface area (Å²) in [6.07, 6.45) is 1.13. The molecular weight excluding hydrogens is 258 g/mol. The molecule has 1 atom stereocenters. The van der Waals surface area contributed by atoms with Crippen LogP contribution in [0.5, 0.6) is 0 Å². The van der Waals surface area contributed by atoms with Crippen LogP contribution in [0.2, 0.25) is 0 Å². The number of hydrogen-bond donors (Lipinski definition) is 1. The summed E-state index contributed by atoms with van der Waals surface area (Å²) in [4.78, 5) is 2.93. The lowest BCUT2D eigenvalue weighted by Gasteiger charge is -2.21. The molecule has 0 spiro atoms. The van der Waals surface area contributed by atoms with E-state index >= 15 is 0 Å². The fourth-order valence-corrected chi connectivity index (χ4v) is 4.07. The largest absolute Gasteiger partial charge is 0.304 e. The Hall–Kier alpha value is -0.640. The molecule has 0 fully saturated rings. The van der Waals surface area contributed by atoms with E-state index < -0.39 is 0 Å². The predicted molar refractivity (Wildman–Crippen MR) is 82.4 cm³/mol. The van der Waals surface area contributed by atoms with E-state index in [0.717, 1.165) is 13.0 Å². The smallest absolute Gasteiger partial charge is 0.0440 e. The highest BCUT2D eigenvalue weighted by Crippen LogP contribution is 2.27. The Morgan fingerprint density at radius 3 is 2.61 bits per heavy atom. The quantitative estimate of drug-likeness (QED) is 0.796. The lowest BCUT2D eigenvalue weighted by Crippen LogP contribution is -2.24. The summed E-state index contributed by atoms with van der Waals surface area (Å²) in [6, 6.07) is 7.09. The summed E-state index contributed by atoms with van der Waals surface area (Å²) in [5.41, 5.74) is 1.49. The normalized spacial score (nSPS) is 13.1. The van der Waals surface area contributed by atoms with Gasteiger partial charge in [-0.3, -0.25) is 0 Å². The molecule has 0 aliphatic carbocycles. The minimum absolute atomic E-state index is 0.469. The topological polar surface area (TPSA) is 12.0 Å². The summed E-state index contributed by atoms with van der Waals surface area (Å²) in [5.74, 6) is 0.619. The molecule has 0 saturated heterocycles. The average molecular weight is 279 g/mol. The van der Waals surface area contributed by atoms with Crippen molar-refractivity contribution in [3.63, 3.8) is 0 Å². The number of aryl methyl sites for hydroxylation is 1. The minimum Gasteiger partial charge on any atom is -0.304 e. The molecule has 0 aliphatic rings. The molecular formula is C15H21NS2. The van der Waals surface area contributed by atoms with E-state index in [9.17, 15) is 0 Å². The Bertz CT molecular complexity index is 457. The maximum atomic E-state index is 3.72. The first-order valence-corrected chi connectivity index (χ1v) is 8.30. The molecule has 0 saturated carbocycles. The lowest BCUT2D eigenvalue weighted by atomic mass is 10.0. The first-order valence-electron chi connectivity index (χ1n) is 6.54. The Morgan fingerprint density at radius 1 is 1.17 bits per heavy atom. The van der Waals surface area contributed by atoms with Crippen LogP contribution in [0.3, 0.4) is 0 Å². The summed E-state index contributed by atoms with van der Waals surface area (Å²) in [5, 5.41) is 8.08. The van der Waals surface area contributed by atoms with Crippen LogP contribution in [0, 0.1) is 5.92 Å². The lowest BCUT2D eigenvalue weighted by molar-refractivity contribution is 0.417. The van der Waals surface area contributed by atoms with Gasteiger partial charge in [0.05, 0.1) is 0 Å². The van der Waals surface area contributed by atoms with Crippen molar-refractivity contribution in [1.82, 2.24) is 5.32 Å². The number of hydrogen-bond acceptors (Lipinski definition) is 3. The molecule has 98 valence electrons. The molecule has 2 aromatic rings. The number of rotatable bonds is 6. The van der Waals surface area contributed by atoms with E-state index in [2.05, 4.69) is 55.0 Å². The summed E-state index contributed by atoms with van der Waals surface area (Å²) in [6.45, 7) is 7.78. The Labute approximate surface area is 118 Å². The van der Waals surface area contributed by atoms with Gasteiger partial charge in [-0.25, -0.2) is 0 Å². The van der Waals surface area contributed by atoms with E-state index in [0.29, 0.717) is 12.0 Å². The van der Waals surface area contributed by atoms with Crippen molar-refractivity contribution in [2.75, 3.05) is 0 Å². The van der Waals surface area contributed by atoms with Gasteiger partial charge in [0.1, 0.15) is 0 Å². The van der Waals surface area contributed by atoms with Gasteiger partial charge in [-0.05, 0) is 40.8 Å². The third-order valence-corrected chi connectivity index (χ3v) is 5.14. The zero-order chi connectivity index (χ0) is 13.0. The van der Waals surface area contributed by atoms with Crippen LogP contribution in [0.15, 0.2) is 29.0 Å². The fourth-order valence-electron chi connectivity index (χ4n) is 2.17. The van der Waals surface area contributed by atoms with Gasteiger partial charge in [-0.15, -0.1) is 22.7 Å². The van der Waals surface area contributed by atoms with Crippen molar-refractivity contribution >= 4 is 22.7 Å². The van der Waals surface area contributed by atoms with Crippen molar-refractivity contribution in [3.05, 3.63) is 44.3 Å². The van der Waals surface area contributed by atoms with Crippen molar-refractivity contribution in [3.8, 4) is 0 Å². The number of nitrogens with one attached hydrogen (secondary N) is 1. The second-order valence-electron chi connectivity index (χ2n) is 4.84. The summed E-state index contributed by atoms with van der Waals surface area (Å²) in [7, 11) is 0. The maximum absolute atomic E-state index is 3.72. The molecule has 0 radical (unpaired) electrons. The molecule has 1 nitrogen and oxygen atoms in total. The first-order chi connectivity index (χ1) is 8.72. The Kier molecular flexibility index (Phi) is 4.98. The van der Waals surface area contributed by atoms with Crippen LogP contribution >= 0.6 is 22.7 Å². The predicted octanol–water partition coefficient (Wildman–Crippen LogP) is 4.86. The zero-order valence-corrected chi connectivity index (χ0v) is 12.9. The van der Waals surface area contributed by atoms with Gasteiger partial charge >= 0.3 is 0 Å². The third-order valence-electron chi connectivity index (χ3n) is 3.22. The summed E-state index contributed by atoms with van der Waals surface area (Å²) >= 11 is 3.71. The highest BCUT2D eigenvalue weighted by atomic mass is 32.1. The molecule has 2 aromatic heterocycles. The highest BCUT2D eigenvalue weighted by molar-refractivity contribution is 7.10. The van der Waals surface area contributed by atoms with Crippen molar-refractivity contribution < 1.29 is 0 Å². The molecule has 18 heavy (non-hydrogen) atoms. The molecule has 2 heterocycles. The second-order valence-corrected chi connectivity index (χ2v) is 6.82. The van der Waals surface area contributed by atoms with Crippen LogP contribution in [0.25, 0.3) is 0 Å². The van der Waals surface area contributed by atoms with Gasteiger partial charge < -0.3 is 5.32 Å². The molecule has 0 bridgehead atoms. The highest BCUT2D eigenvalue weighted by Gasteiger charge is 2.16. The van der Waals surface area contributed by atoms with Crippen LogP contribution < -0.4 is 5.32 Å². The van der Waals surface area contributed by atoms with E-state index in [1.165, 1.54) is 15.3 Å². The van der Waals surface area contributed by atoms with E-state index in [-0.39, 0.29) is 0 Å². The average Bonchev–Trinajstić information content (AvgIpc) is 2.99. The van der Waals surface area contributed by atoms with E-state index in [1.54, 1.807) is 0 Å². The standard InChI is InChI=1S/C15H21NS2/c1-4-12-7-9-18-14(12)10-16-15(11(2)3)13-6-5-8-17-13/h5-9,11,15-16H,4,10H2,1-3H3. The minimum atomic E-state index is 0.469. The van der Waals surface area contributed by atoms with Gasteiger partial charge in [0.2, 0.25) is 0 Å². The van der Waals surface area contributed by atoms with Crippen LogP contribution in [-0.2, 0) is 13.0 Å². The van der Waals surface area contributed by atoms with Gasteiger partial charge in [0, 0.05) is 22.3 Å². The SMILES string of the molecule is CCc1ccsc1CNC(c1cccs1)C(C)C. The van der Waals surface area contributed by atoms with Crippen LogP contribution in [-0.4, -0.2) is 0 Å². The molecule has 1 unspecified atom stereocenters. The fraction of sp³-hybridized carbons (Fsp3) is 0.467. The van der Waals surface area contributed by atoms with Gasteiger partial charge in [-0.1, -0.05) is 26.8 Å². The van der Waals surface area contributed by atoms with Crippen LogP contribution in [0.1, 0.15) is 42.1 Å². The molecule has 1 N–H and O–H groups in total. The van der Waals surface area contributed by atoms with Crippen LogP contribution in [0.4, 0.5) is 0 Å². The molecule has 0 amide bonds. The molecule has 3 heteroatoms. The molecule has 0 aromatic carbocycles. The Balaban J connectivity index is 2.03. The maximum Gasteiger partial charge on any atom is 0.0440 e. The Morgan fingerprint density at radius 2 is 2.00 bits per heavy atom. The van der Waals surface area contributed by atoms with Crippen molar-refractivity contribution in [2.45, 2.75) is 39.8 Å². The van der Waals surface area contributed by atoms with Gasteiger partial charge in [-0.2, -0.15) is 0 Å². The van der Waals surface area contributed by atoms with Gasteiger partial charge in [0.15, 0.2) is 0 Å². The number of thiophene rings is 2. The zero-order valence-electron chi connectivity index (χ0n) is 11.3. The second kappa shape index (κ2) is 6.50. The monoisotopic (exact) mass is 279 g/mol. The van der Waals surface area contributed by atoms with E-state index in [1.807, 2.05) is 22.7 Å². The molecule has 2 rings (SSSR count). The van der Waals surface area contributed by atoms with E-state index in [4.69, 9.17) is 0 Å². The van der Waals surface area contributed by atoms with Crippen molar-refractivity contribution in [2.24, 2.45) is 5.92 Å². The first kappa shape index (κ1) is 13.8. The third kappa shape index (κ3) is 3.22. The van der Waals surface area contributed by atoms with Crippen molar-refractivity contribution in [1.29, 1.82) is 0 Å². The van der Waals surface area contributed by atoms with Gasteiger partial charge in [0.25, 0.3) is 0 Å². The molecule has 0 aliphatic heterocycles.